The number of carbonyl (C=O) groups excluding carboxylic acids is 2. The summed E-state index contributed by atoms with van der Waals surface area (Å²) in [5.74, 6) is -1.56. The Balaban J connectivity index is 1.46. The maximum absolute atomic E-state index is 14.4. The molecule has 7 nitrogen and oxygen atoms in total. The van der Waals surface area contributed by atoms with Gasteiger partial charge in [-0.1, -0.05) is 17.7 Å². The molecule has 2 aromatic heterocycles. The predicted octanol–water partition coefficient (Wildman–Crippen LogP) is 5.33. The molecule has 36 heavy (non-hydrogen) atoms. The number of hydrogen-bond donors (Lipinski definition) is 1. The molecule has 0 saturated carbocycles. The largest absolute Gasteiger partial charge is 0.419 e. The average molecular weight is 542 g/mol. The molecule has 1 N–H and O–H groups in total. The first-order chi connectivity index (χ1) is 17.0. The number of pyridine rings is 1. The van der Waals surface area contributed by atoms with Gasteiger partial charge in [0.05, 0.1) is 27.9 Å². The van der Waals surface area contributed by atoms with Gasteiger partial charge in [0.25, 0.3) is 5.91 Å². The van der Waals surface area contributed by atoms with E-state index in [1.54, 1.807) is 11.9 Å². The van der Waals surface area contributed by atoms with Gasteiger partial charge < -0.3 is 9.80 Å². The van der Waals surface area contributed by atoms with Gasteiger partial charge in [-0.15, -0.1) is 11.3 Å². The Bertz CT molecular complexity index is 1320. The molecule has 1 saturated heterocycles. The lowest BCUT2D eigenvalue weighted by atomic mass is 10.1. The molecule has 1 unspecified atom stereocenters. The van der Waals surface area contributed by atoms with Crippen LogP contribution >= 0.6 is 22.9 Å². The second kappa shape index (κ2) is 10.0. The van der Waals surface area contributed by atoms with Crippen LogP contribution in [0.2, 0.25) is 5.02 Å². The summed E-state index contributed by atoms with van der Waals surface area (Å²) in [6.45, 7) is 2.71. The van der Waals surface area contributed by atoms with Crippen LogP contribution in [0.4, 0.5) is 28.5 Å². The Hall–Kier alpha value is -3.25. The van der Waals surface area contributed by atoms with Crippen molar-refractivity contribution in [3.8, 4) is 11.3 Å². The van der Waals surface area contributed by atoms with Crippen molar-refractivity contribution < 1.29 is 27.2 Å². The number of likely N-dealkylation sites (N-methyl/N-ethyl adjacent to an activating group) is 1. The normalized spacial score (nSPS) is 15.8. The molecule has 1 fully saturated rings. The van der Waals surface area contributed by atoms with Crippen molar-refractivity contribution in [1.82, 2.24) is 14.9 Å². The van der Waals surface area contributed by atoms with E-state index in [0.717, 1.165) is 23.8 Å². The molecule has 3 aromatic rings. The standard InChI is InChI=1S/C23H20ClF4N5O2S/c1-12(34)32(2)14-6-7-33(10-14)20-17(24)8-13(9-29-20)21(35)31-22-30-18(11-36-22)15-4-3-5-16(19(15)25)23(26,27)28/h3-5,8-9,11,14H,6-7,10H2,1-2H3,(H,30,31,35). The second-order valence-corrected chi connectivity index (χ2v) is 9.47. The number of hydrogen-bond acceptors (Lipinski definition) is 6. The maximum atomic E-state index is 14.4. The van der Waals surface area contributed by atoms with Crippen LogP contribution in [-0.4, -0.2) is 52.9 Å². The fraction of sp³-hybridized carbons (Fsp3) is 0.304. The minimum atomic E-state index is -4.84. The van der Waals surface area contributed by atoms with Crippen LogP contribution in [0, 0.1) is 5.82 Å². The molecule has 0 spiro atoms. The van der Waals surface area contributed by atoms with Gasteiger partial charge in [-0.3, -0.25) is 14.9 Å². The first-order valence-electron chi connectivity index (χ1n) is 10.7. The fourth-order valence-electron chi connectivity index (χ4n) is 3.87. The molecule has 1 atom stereocenters. The summed E-state index contributed by atoms with van der Waals surface area (Å²) in [7, 11) is 1.74. The first-order valence-corrected chi connectivity index (χ1v) is 12.0. The van der Waals surface area contributed by atoms with Gasteiger partial charge in [-0.25, -0.2) is 14.4 Å². The molecular formula is C23H20ClF4N5O2S. The highest BCUT2D eigenvalue weighted by molar-refractivity contribution is 7.14. The summed E-state index contributed by atoms with van der Waals surface area (Å²) in [4.78, 5) is 36.3. The number of alkyl halides is 3. The van der Waals surface area contributed by atoms with Crippen molar-refractivity contribution in [3.05, 3.63) is 57.8 Å². The molecule has 0 bridgehead atoms. The van der Waals surface area contributed by atoms with E-state index >= 15 is 0 Å². The number of thiazole rings is 1. The van der Waals surface area contributed by atoms with E-state index < -0.39 is 23.5 Å². The summed E-state index contributed by atoms with van der Waals surface area (Å²) in [6.07, 6.45) is -2.74. The van der Waals surface area contributed by atoms with Crippen LogP contribution in [0.15, 0.2) is 35.8 Å². The van der Waals surface area contributed by atoms with Crippen molar-refractivity contribution in [3.63, 3.8) is 0 Å². The lowest BCUT2D eigenvalue weighted by molar-refractivity contribution is -0.140. The van der Waals surface area contributed by atoms with E-state index in [0.29, 0.717) is 25.0 Å². The molecule has 2 amide bonds. The lowest BCUT2D eigenvalue weighted by Gasteiger charge is -2.24. The van der Waals surface area contributed by atoms with Crippen molar-refractivity contribution in [2.24, 2.45) is 0 Å². The minimum absolute atomic E-state index is 0.0316. The lowest BCUT2D eigenvalue weighted by Crippen LogP contribution is -2.37. The van der Waals surface area contributed by atoms with Crippen LogP contribution in [0.5, 0.6) is 0 Å². The number of anilines is 2. The average Bonchev–Trinajstić information content (AvgIpc) is 3.48. The summed E-state index contributed by atoms with van der Waals surface area (Å²) in [6, 6.07) is 4.41. The van der Waals surface area contributed by atoms with Gasteiger partial charge in [-0.2, -0.15) is 13.2 Å². The van der Waals surface area contributed by atoms with Gasteiger partial charge in [-0.05, 0) is 24.6 Å². The monoisotopic (exact) mass is 541 g/mol. The van der Waals surface area contributed by atoms with Gasteiger partial charge in [0.1, 0.15) is 11.6 Å². The van der Waals surface area contributed by atoms with E-state index in [-0.39, 0.29) is 38.9 Å². The van der Waals surface area contributed by atoms with E-state index in [9.17, 15) is 27.2 Å². The number of amides is 2. The fourth-order valence-corrected chi connectivity index (χ4v) is 4.86. The summed E-state index contributed by atoms with van der Waals surface area (Å²) < 4.78 is 53.4. The third-order valence-corrected chi connectivity index (χ3v) is 6.93. The Kier molecular flexibility index (Phi) is 7.19. The number of aromatic nitrogens is 2. The molecule has 1 aromatic carbocycles. The van der Waals surface area contributed by atoms with Crippen molar-refractivity contribution >= 4 is 45.7 Å². The van der Waals surface area contributed by atoms with Crippen molar-refractivity contribution in [2.75, 3.05) is 30.4 Å². The number of nitrogens with zero attached hydrogens (tertiary/aromatic N) is 4. The molecule has 0 aliphatic carbocycles. The van der Waals surface area contributed by atoms with Crippen molar-refractivity contribution in [1.29, 1.82) is 0 Å². The van der Waals surface area contributed by atoms with Gasteiger partial charge >= 0.3 is 6.18 Å². The zero-order chi connectivity index (χ0) is 26.2. The van der Waals surface area contributed by atoms with E-state index in [1.807, 2.05) is 4.90 Å². The van der Waals surface area contributed by atoms with Gasteiger partial charge in [0, 0.05) is 44.2 Å². The summed E-state index contributed by atoms with van der Waals surface area (Å²) in [5.41, 5.74) is -1.61. The molecule has 190 valence electrons. The number of carbonyl (C=O) groups is 2. The second-order valence-electron chi connectivity index (χ2n) is 8.20. The van der Waals surface area contributed by atoms with Crippen LogP contribution < -0.4 is 10.2 Å². The SMILES string of the molecule is CC(=O)N(C)C1CCN(c2ncc(C(=O)Nc3nc(-c4cccc(C(F)(F)F)c4F)cs3)cc2Cl)C1. The van der Waals surface area contributed by atoms with Crippen LogP contribution in [0.1, 0.15) is 29.3 Å². The van der Waals surface area contributed by atoms with E-state index in [1.165, 1.54) is 30.6 Å². The molecular weight excluding hydrogens is 522 g/mol. The number of nitrogens with one attached hydrogen (secondary N) is 1. The Morgan fingerprint density at radius 1 is 1.31 bits per heavy atom. The van der Waals surface area contributed by atoms with E-state index in [4.69, 9.17) is 11.6 Å². The van der Waals surface area contributed by atoms with Crippen molar-refractivity contribution in [2.45, 2.75) is 25.6 Å². The highest BCUT2D eigenvalue weighted by atomic mass is 35.5. The minimum Gasteiger partial charge on any atom is -0.353 e. The number of rotatable bonds is 5. The zero-order valence-electron chi connectivity index (χ0n) is 19.1. The first kappa shape index (κ1) is 25.8. The van der Waals surface area contributed by atoms with Gasteiger partial charge in [0.2, 0.25) is 5.91 Å². The summed E-state index contributed by atoms with van der Waals surface area (Å²) >= 11 is 7.33. The zero-order valence-corrected chi connectivity index (χ0v) is 20.6. The quantitative estimate of drug-likeness (QED) is 0.442. The predicted molar refractivity (Wildman–Crippen MR) is 129 cm³/mol. The Morgan fingerprint density at radius 2 is 2.06 bits per heavy atom. The molecule has 13 heteroatoms. The Morgan fingerprint density at radius 3 is 2.72 bits per heavy atom. The van der Waals surface area contributed by atoms with Crippen LogP contribution in [0.25, 0.3) is 11.3 Å². The molecule has 1 aliphatic heterocycles. The molecule has 3 heterocycles. The van der Waals surface area contributed by atoms with E-state index in [2.05, 4.69) is 15.3 Å². The summed E-state index contributed by atoms with van der Waals surface area (Å²) in [5, 5.41) is 4.20. The Labute approximate surface area is 212 Å². The topological polar surface area (TPSA) is 78.4 Å². The molecule has 0 radical (unpaired) electrons. The third-order valence-electron chi connectivity index (χ3n) is 5.90. The molecule has 1 aliphatic rings. The highest BCUT2D eigenvalue weighted by Gasteiger charge is 2.35. The van der Waals surface area contributed by atoms with Crippen LogP contribution in [-0.2, 0) is 11.0 Å². The molecule has 4 rings (SSSR count). The van der Waals surface area contributed by atoms with Crippen LogP contribution in [0.3, 0.4) is 0 Å². The van der Waals surface area contributed by atoms with Gasteiger partial charge in [0.15, 0.2) is 5.13 Å². The highest BCUT2D eigenvalue weighted by Crippen LogP contribution is 2.36. The third kappa shape index (κ3) is 5.29. The smallest absolute Gasteiger partial charge is 0.353 e. The number of benzene rings is 1. The maximum Gasteiger partial charge on any atom is 0.419 e. The number of halogens is 5.